The zero-order valence-electron chi connectivity index (χ0n) is 7.41. The lowest BCUT2D eigenvalue weighted by molar-refractivity contribution is -0.644. The van der Waals surface area contributed by atoms with E-state index in [0.29, 0.717) is 0 Å². The minimum atomic E-state index is 1.28. The number of fused-ring (bicyclic) bond motifs is 1. The quantitative estimate of drug-likeness (QED) is 0.516. The number of hydrogen-bond donors (Lipinski definition) is 0. The number of aryl methyl sites for hydroxylation is 2. The van der Waals surface area contributed by atoms with Gasteiger partial charge in [0.25, 0.3) is 0 Å². The molecule has 12 heavy (non-hydrogen) atoms. The summed E-state index contributed by atoms with van der Waals surface area (Å²) in [4.78, 5) is 0. The van der Waals surface area contributed by atoms with Crippen LogP contribution in [0.25, 0.3) is 10.9 Å². The largest absolute Gasteiger partial charge is 0.212 e. The van der Waals surface area contributed by atoms with E-state index in [1.807, 2.05) is 0 Å². The van der Waals surface area contributed by atoms with Crippen molar-refractivity contribution in [2.75, 3.05) is 0 Å². The van der Waals surface area contributed by atoms with E-state index in [1.54, 1.807) is 0 Å². The van der Waals surface area contributed by atoms with Crippen LogP contribution in [-0.4, -0.2) is 0 Å². The number of nitrogens with zero attached hydrogens (tertiary/aromatic N) is 1. The molecule has 0 radical (unpaired) electrons. The van der Waals surface area contributed by atoms with Gasteiger partial charge in [-0.15, -0.1) is 0 Å². The Balaban J connectivity index is 2.86. The lowest BCUT2D eigenvalue weighted by Crippen LogP contribution is -2.27. The second-order valence-corrected chi connectivity index (χ2v) is 3.18. The molecule has 0 fully saturated rings. The first-order valence-corrected chi connectivity index (χ1v) is 4.12. The Morgan fingerprint density at radius 1 is 1.17 bits per heavy atom. The highest BCUT2D eigenvalue weighted by atomic mass is 14.9. The van der Waals surface area contributed by atoms with Crippen molar-refractivity contribution in [3.05, 3.63) is 42.1 Å². The van der Waals surface area contributed by atoms with Crippen LogP contribution < -0.4 is 4.57 Å². The van der Waals surface area contributed by atoms with Gasteiger partial charge in [-0.3, -0.25) is 0 Å². The van der Waals surface area contributed by atoms with Crippen molar-refractivity contribution in [2.24, 2.45) is 7.05 Å². The molecule has 0 aliphatic carbocycles. The molecular weight excluding hydrogens is 146 g/mol. The Labute approximate surface area is 72.3 Å². The second-order valence-electron chi connectivity index (χ2n) is 3.18. The highest BCUT2D eigenvalue weighted by Crippen LogP contribution is 2.10. The van der Waals surface area contributed by atoms with Gasteiger partial charge < -0.3 is 0 Å². The molecule has 2 rings (SSSR count). The highest BCUT2D eigenvalue weighted by molar-refractivity contribution is 5.75. The maximum absolute atomic E-state index is 2.20. The van der Waals surface area contributed by atoms with Crippen molar-refractivity contribution in [3.8, 4) is 0 Å². The summed E-state index contributed by atoms with van der Waals surface area (Å²) in [5.41, 5.74) is 2.59. The van der Waals surface area contributed by atoms with Crippen LogP contribution in [0.1, 0.15) is 5.56 Å². The predicted molar refractivity (Wildman–Crippen MR) is 49.9 cm³/mol. The van der Waals surface area contributed by atoms with Crippen LogP contribution in [0.4, 0.5) is 0 Å². The molecule has 0 spiro atoms. The highest BCUT2D eigenvalue weighted by Gasteiger charge is 2.01. The van der Waals surface area contributed by atoms with Crippen LogP contribution in [-0.2, 0) is 7.05 Å². The van der Waals surface area contributed by atoms with Gasteiger partial charge in [-0.05, 0) is 19.1 Å². The number of aromatic nitrogens is 1. The van der Waals surface area contributed by atoms with E-state index < -0.39 is 0 Å². The summed E-state index contributed by atoms with van der Waals surface area (Å²) in [6, 6.07) is 10.7. The molecule has 0 N–H and O–H groups in total. The molecule has 0 amide bonds. The zero-order chi connectivity index (χ0) is 8.55. The molecule has 2 aromatic rings. The fraction of sp³-hybridized carbons (Fsp3) is 0.182. The Bertz CT molecular complexity index is 418. The molecule has 0 saturated carbocycles. The number of rotatable bonds is 0. The van der Waals surface area contributed by atoms with Gasteiger partial charge in [0.15, 0.2) is 6.20 Å². The first-order valence-electron chi connectivity index (χ1n) is 4.12. The van der Waals surface area contributed by atoms with Crippen LogP contribution >= 0.6 is 0 Å². The lowest BCUT2D eigenvalue weighted by atomic mass is 10.1. The Morgan fingerprint density at radius 3 is 2.83 bits per heavy atom. The molecule has 0 aliphatic rings. The third kappa shape index (κ3) is 1.07. The van der Waals surface area contributed by atoms with Crippen LogP contribution in [0.5, 0.6) is 0 Å². The molecular formula is C11H12N+. The van der Waals surface area contributed by atoms with Gasteiger partial charge in [0.1, 0.15) is 7.05 Å². The lowest BCUT2D eigenvalue weighted by Gasteiger charge is -1.96. The van der Waals surface area contributed by atoms with Crippen LogP contribution in [0.2, 0.25) is 0 Å². The van der Waals surface area contributed by atoms with Crippen molar-refractivity contribution >= 4 is 10.9 Å². The summed E-state index contributed by atoms with van der Waals surface area (Å²) < 4.78 is 2.13. The molecule has 1 nitrogen and oxygen atoms in total. The van der Waals surface area contributed by atoms with Crippen LogP contribution in [0, 0.1) is 6.92 Å². The average Bonchev–Trinajstić information content (AvgIpc) is 2.04. The third-order valence-corrected chi connectivity index (χ3v) is 2.15. The SMILES string of the molecule is Cc1ccc2c(ccc[n+]2C)c1. The van der Waals surface area contributed by atoms with E-state index in [1.165, 1.54) is 16.5 Å². The minimum Gasteiger partial charge on any atom is -0.201 e. The zero-order valence-corrected chi connectivity index (χ0v) is 7.41. The van der Waals surface area contributed by atoms with E-state index in [2.05, 4.69) is 55.1 Å². The number of pyridine rings is 1. The summed E-state index contributed by atoms with van der Waals surface area (Å²) in [6.45, 7) is 2.12. The van der Waals surface area contributed by atoms with Crippen molar-refractivity contribution in [2.45, 2.75) is 6.92 Å². The van der Waals surface area contributed by atoms with E-state index in [-0.39, 0.29) is 0 Å². The molecule has 1 heterocycles. The summed E-state index contributed by atoms with van der Waals surface area (Å²) in [5, 5.41) is 1.31. The third-order valence-electron chi connectivity index (χ3n) is 2.15. The van der Waals surface area contributed by atoms with E-state index in [9.17, 15) is 0 Å². The normalized spacial score (nSPS) is 10.5. The fourth-order valence-corrected chi connectivity index (χ4v) is 1.48. The fourth-order valence-electron chi connectivity index (χ4n) is 1.48. The van der Waals surface area contributed by atoms with Gasteiger partial charge >= 0.3 is 0 Å². The molecule has 0 saturated heterocycles. The molecule has 1 aromatic heterocycles. The first-order chi connectivity index (χ1) is 5.77. The number of benzene rings is 1. The van der Waals surface area contributed by atoms with Crippen molar-refractivity contribution in [1.29, 1.82) is 0 Å². The molecule has 0 bridgehead atoms. The van der Waals surface area contributed by atoms with Gasteiger partial charge in [0.05, 0.1) is 0 Å². The van der Waals surface area contributed by atoms with Gasteiger partial charge in [-0.2, -0.15) is 0 Å². The summed E-state index contributed by atoms with van der Waals surface area (Å²) in [5.74, 6) is 0. The smallest absolute Gasteiger partial charge is 0.201 e. The van der Waals surface area contributed by atoms with Gasteiger partial charge in [-0.1, -0.05) is 11.6 Å². The monoisotopic (exact) mass is 158 g/mol. The molecule has 0 atom stereocenters. The summed E-state index contributed by atoms with van der Waals surface area (Å²) in [6.07, 6.45) is 2.07. The Hall–Kier alpha value is -1.37. The van der Waals surface area contributed by atoms with Crippen LogP contribution in [0.3, 0.4) is 0 Å². The van der Waals surface area contributed by atoms with Crippen LogP contribution in [0.15, 0.2) is 36.5 Å². The Kier molecular flexibility index (Phi) is 1.58. The maximum atomic E-state index is 2.20. The van der Waals surface area contributed by atoms with Gasteiger partial charge in [0, 0.05) is 17.5 Å². The van der Waals surface area contributed by atoms with Gasteiger partial charge in [0.2, 0.25) is 5.52 Å². The van der Waals surface area contributed by atoms with Crippen molar-refractivity contribution < 1.29 is 4.57 Å². The summed E-state index contributed by atoms with van der Waals surface area (Å²) >= 11 is 0. The molecule has 0 unspecified atom stereocenters. The molecule has 1 heteroatoms. The Morgan fingerprint density at radius 2 is 2.00 bits per heavy atom. The minimum absolute atomic E-state index is 1.28. The standard InChI is InChI=1S/C11H12N/c1-9-5-6-11-10(8-9)4-3-7-12(11)2/h3-8H,1-2H3/q+1. The first kappa shape index (κ1) is 7.29. The van der Waals surface area contributed by atoms with E-state index in [0.717, 1.165) is 0 Å². The topological polar surface area (TPSA) is 3.88 Å². The van der Waals surface area contributed by atoms with E-state index >= 15 is 0 Å². The van der Waals surface area contributed by atoms with E-state index in [4.69, 9.17) is 0 Å². The van der Waals surface area contributed by atoms with Crippen molar-refractivity contribution in [3.63, 3.8) is 0 Å². The van der Waals surface area contributed by atoms with Gasteiger partial charge in [-0.25, -0.2) is 4.57 Å². The number of hydrogen-bond acceptors (Lipinski definition) is 0. The predicted octanol–water partition coefficient (Wildman–Crippen LogP) is 1.97. The molecule has 1 aromatic carbocycles. The second kappa shape index (κ2) is 2.59. The maximum Gasteiger partial charge on any atom is 0.212 e. The van der Waals surface area contributed by atoms with Crippen molar-refractivity contribution in [1.82, 2.24) is 0 Å². The molecule has 0 aliphatic heterocycles. The molecule has 60 valence electrons. The average molecular weight is 158 g/mol. The summed E-state index contributed by atoms with van der Waals surface area (Å²) in [7, 11) is 2.07.